The molecule has 0 saturated heterocycles. The van der Waals surface area contributed by atoms with E-state index >= 15 is 0 Å². The molecule has 0 bridgehead atoms. The van der Waals surface area contributed by atoms with E-state index < -0.39 is 0 Å². The fourth-order valence-electron chi connectivity index (χ4n) is 1.79. The van der Waals surface area contributed by atoms with Gasteiger partial charge in [0.2, 0.25) is 0 Å². The molecule has 0 spiro atoms. The zero-order valence-corrected chi connectivity index (χ0v) is 13.5. The predicted octanol–water partition coefficient (Wildman–Crippen LogP) is 2.03. The summed E-state index contributed by atoms with van der Waals surface area (Å²) in [5.41, 5.74) is 1.40. The first-order valence-electron chi connectivity index (χ1n) is 6.63. The molecule has 0 unspecified atom stereocenters. The van der Waals surface area contributed by atoms with Crippen LogP contribution in [0.2, 0.25) is 0 Å². The maximum atomic E-state index is 2.52. The molecule has 1 rings (SSSR count). The summed E-state index contributed by atoms with van der Waals surface area (Å²) in [4.78, 5) is 7.01. The van der Waals surface area contributed by atoms with Gasteiger partial charge in [-0.2, -0.15) is 0 Å². The monoisotopic (exact) mass is 285 g/mol. The molecule has 0 radical (unpaired) electrons. The normalized spacial score (nSPS) is 11.1. The van der Waals surface area contributed by atoms with E-state index in [1.165, 1.54) is 5.56 Å². The lowest BCUT2D eigenvalue weighted by atomic mass is 10.2. The van der Waals surface area contributed by atoms with Gasteiger partial charge in [-0.15, -0.1) is 12.4 Å². The summed E-state index contributed by atoms with van der Waals surface area (Å²) < 4.78 is 0. The number of halogens is 1. The lowest BCUT2D eigenvalue weighted by Crippen LogP contribution is -2.36. The highest BCUT2D eigenvalue weighted by atomic mass is 35.5. The van der Waals surface area contributed by atoms with Crippen molar-refractivity contribution in [3.8, 4) is 0 Å². The van der Waals surface area contributed by atoms with Crippen LogP contribution in [0.25, 0.3) is 0 Å². The summed E-state index contributed by atoms with van der Waals surface area (Å²) in [6.45, 7) is 5.51. The topological polar surface area (TPSA) is 9.72 Å². The van der Waals surface area contributed by atoms with Crippen LogP contribution in [-0.2, 0) is 6.54 Å². The van der Waals surface area contributed by atoms with Crippen LogP contribution in [0.15, 0.2) is 30.3 Å². The Labute approximate surface area is 124 Å². The van der Waals surface area contributed by atoms with Crippen LogP contribution in [0.3, 0.4) is 0 Å². The molecule has 0 heterocycles. The van der Waals surface area contributed by atoms with Crippen molar-refractivity contribution in [3.63, 3.8) is 0 Å². The standard InChI is InChI=1S/C15H27N3.ClH/c1-16(2)10-12-18(13-11-17(3)4)14-15-8-6-5-7-9-15;/h5-9H,10-14H2,1-4H3;1H. The van der Waals surface area contributed by atoms with Gasteiger partial charge in [-0.25, -0.2) is 0 Å². The van der Waals surface area contributed by atoms with Crippen molar-refractivity contribution in [1.29, 1.82) is 0 Å². The quantitative estimate of drug-likeness (QED) is 0.724. The minimum Gasteiger partial charge on any atom is -0.308 e. The maximum Gasteiger partial charge on any atom is 0.0234 e. The van der Waals surface area contributed by atoms with Crippen molar-refractivity contribution in [2.24, 2.45) is 0 Å². The Morgan fingerprint density at radius 2 is 1.21 bits per heavy atom. The van der Waals surface area contributed by atoms with E-state index in [9.17, 15) is 0 Å². The van der Waals surface area contributed by atoms with E-state index in [1.54, 1.807) is 0 Å². The molecular formula is C15H28ClN3. The van der Waals surface area contributed by atoms with Crippen molar-refractivity contribution in [3.05, 3.63) is 35.9 Å². The lowest BCUT2D eigenvalue weighted by molar-refractivity contribution is 0.212. The third-order valence-electron chi connectivity index (χ3n) is 2.98. The average molecular weight is 286 g/mol. The van der Waals surface area contributed by atoms with E-state index in [1.807, 2.05) is 0 Å². The third-order valence-corrected chi connectivity index (χ3v) is 2.98. The first-order chi connectivity index (χ1) is 8.58. The predicted molar refractivity (Wildman–Crippen MR) is 86.1 cm³/mol. The van der Waals surface area contributed by atoms with E-state index in [0.29, 0.717) is 0 Å². The molecule has 4 heteroatoms. The molecule has 0 saturated carbocycles. The van der Waals surface area contributed by atoms with E-state index in [-0.39, 0.29) is 12.4 Å². The summed E-state index contributed by atoms with van der Waals surface area (Å²) >= 11 is 0. The smallest absolute Gasteiger partial charge is 0.0234 e. The van der Waals surface area contributed by atoms with Crippen molar-refractivity contribution >= 4 is 12.4 Å². The molecule has 110 valence electrons. The van der Waals surface area contributed by atoms with Crippen molar-refractivity contribution in [2.75, 3.05) is 54.4 Å². The lowest BCUT2D eigenvalue weighted by Gasteiger charge is -2.25. The summed E-state index contributed by atoms with van der Waals surface area (Å²) in [6, 6.07) is 10.7. The molecular weight excluding hydrogens is 258 g/mol. The minimum atomic E-state index is 0. The molecule has 1 aromatic rings. The molecule has 1 aromatic carbocycles. The molecule has 0 amide bonds. The number of rotatable bonds is 8. The number of nitrogens with zero attached hydrogens (tertiary/aromatic N) is 3. The number of hydrogen-bond donors (Lipinski definition) is 0. The van der Waals surface area contributed by atoms with Gasteiger partial charge in [0.05, 0.1) is 0 Å². The van der Waals surface area contributed by atoms with Crippen LogP contribution in [0.5, 0.6) is 0 Å². The molecule has 3 nitrogen and oxygen atoms in total. The third kappa shape index (κ3) is 9.00. The Morgan fingerprint density at radius 1 is 0.737 bits per heavy atom. The highest BCUT2D eigenvalue weighted by Gasteiger charge is 2.06. The van der Waals surface area contributed by atoms with Crippen LogP contribution in [0.4, 0.5) is 0 Å². The van der Waals surface area contributed by atoms with Gasteiger partial charge < -0.3 is 9.80 Å². The summed E-state index contributed by atoms with van der Waals surface area (Å²) in [5.74, 6) is 0. The van der Waals surface area contributed by atoms with Gasteiger partial charge in [-0.1, -0.05) is 30.3 Å². The van der Waals surface area contributed by atoms with Gasteiger partial charge in [0.1, 0.15) is 0 Å². The van der Waals surface area contributed by atoms with Crippen molar-refractivity contribution in [1.82, 2.24) is 14.7 Å². The van der Waals surface area contributed by atoms with Gasteiger partial charge in [0.25, 0.3) is 0 Å². The molecule has 0 aliphatic rings. The number of hydrogen-bond acceptors (Lipinski definition) is 3. The Bertz CT molecular complexity index is 302. The van der Waals surface area contributed by atoms with Crippen LogP contribution < -0.4 is 0 Å². The highest BCUT2D eigenvalue weighted by molar-refractivity contribution is 5.85. The van der Waals surface area contributed by atoms with E-state index in [2.05, 4.69) is 73.2 Å². The second-order valence-electron chi connectivity index (χ2n) is 5.37. The second-order valence-corrected chi connectivity index (χ2v) is 5.37. The Hall–Kier alpha value is -0.610. The van der Waals surface area contributed by atoms with Crippen molar-refractivity contribution < 1.29 is 0 Å². The molecule has 0 aromatic heterocycles. The van der Waals surface area contributed by atoms with Crippen LogP contribution in [0.1, 0.15) is 5.56 Å². The first-order valence-corrected chi connectivity index (χ1v) is 6.63. The number of benzene rings is 1. The Balaban J connectivity index is 0.00000324. The van der Waals surface area contributed by atoms with Gasteiger partial charge in [0.15, 0.2) is 0 Å². The van der Waals surface area contributed by atoms with E-state index in [4.69, 9.17) is 0 Å². The Kier molecular flexibility index (Phi) is 9.88. The molecule has 0 aliphatic carbocycles. The van der Waals surface area contributed by atoms with Crippen LogP contribution in [0, 0.1) is 0 Å². The zero-order chi connectivity index (χ0) is 13.4. The molecule has 0 fully saturated rings. The summed E-state index contributed by atoms with van der Waals surface area (Å²) in [5, 5.41) is 0. The SMILES string of the molecule is CN(C)CCN(CCN(C)C)Cc1ccccc1.Cl. The Morgan fingerprint density at radius 3 is 1.63 bits per heavy atom. The molecule has 0 aliphatic heterocycles. The molecule has 19 heavy (non-hydrogen) atoms. The van der Waals surface area contributed by atoms with Gasteiger partial charge >= 0.3 is 0 Å². The first kappa shape index (κ1) is 18.4. The van der Waals surface area contributed by atoms with Gasteiger partial charge in [-0.3, -0.25) is 4.90 Å². The maximum absolute atomic E-state index is 2.52. The molecule has 0 atom stereocenters. The van der Waals surface area contributed by atoms with Crippen molar-refractivity contribution in [2.45, 2.75) is 6.54 Å². The van der Waals surface area contributed by atoms with Gasteiger partial charge in [0, 0.05) is 32.7 Å². The fourth-order valence-corrected chi connectivity index (χ4v) is 1.79. The van der Waals surface area contributed by atoms with Crippen LogP contribution >= 0.6 is 12.4 Å². The summed E-state index contributed by atoms with van der Waals surface area (Å²) in [6.07, 6.45) is 0. The fraction of sp³-hybridized carbons (Fsp3) is 0.600. The van der Waals surface area contributed by atoms with Crippen LogP contribution in [-0.4, -0.2) is 69.1 Å². The minimum absolute atomic E-state index is 0. The summed E-state index contributed by atoms with van der Waals surface area (Å²) in [7, 11) is 8.53. The largest absolute Gasteiger partial charge is 0.308 e. The van der Waals surface area contributed by atoms with Gasteiger partial charge in [-0.05, 0) is 33.8 Å². The average Bonchev–Trinajstić information content (AvgIpc) is 2.33. The molecule has 0 N–H and O–H groups in total. The zero-order valence-electron chi connectivity index (χ0n) is 12.7. The van der Waals surface area contributed by atoms with E-state index in [0.717, 1.165) is 32.7 Å². The highest BCUT2D eigenvalue weighted by Crippen LogP contribution is 2.04. The second kappa shape index (κ2) is 10.2. The number of likely N-dealkylation sites (N-methyl/N-ethyl adjacent to an activating group) is 2.